The molecule has 2 aromatic carbocycles. The average molecular weight is 546 g/mol. The minimum absolute atomic E-state index is 0.169. The fraction of sp³-hybridized carbons (Fsp3) is 0.241. The Kier molecular flexibility index (Phi) is 6.75. The summed E-state index contributed by atoms with van der Waals surface area (Å²) in [5, 5.41) is 4.10. The van der Waals surface area contributed by atoms with Crippen LogP contribution in [0.3, 0.4) is 0 Å². The third kappa shape index (κ3) is 5.04. The van der Waals surface area contributed by atoms with Crippen molar-refractivity contribution in [2.24, 2.45) is 0 Å². The van der Waals surface area contributed by atoms with Gasteiger partial charge in [-0.15, -0.1) is 0 Å². The molecule has 3 heterocycles. The first kappa shape index (κ1) is 25.9. The molecule has 0 radical (unpaired) electrons. The molecule has 0 aliphatic carbocycles. The van der Waals surface area contributed by atoms with E-state index in [9.17, 15) is 8.42 Å². The Hall–Kier alpha value is -3.69. The maximum absolute atomic E-state index is 11.7. The number of aryl methyl sites for hydroxylation is 3. The smallest absolute Gasteiger partial charge is 0.229 e. The highest BCUT2D eigenvalue weighted by molar-refractivity contribution is 7.92. The van der Waals surface area contributed by atoms with E-state index in [0.717, 1.165) is 40.3 Å². The summed E-state index contributed by atoms with van der Waals surface area (Å²) in [6.45, 7) is 8.51. The van der Waals surface area contributed by atoms with Crippen molar-refractivity contribution in [2.45, 2.75) is 39.8 Å². The molecule has 0 bridgehead atoms. The Labute approximate surface area is 229 Å². The number of anilines is 2. The number of pyridine rings is 1. The lowest BCUT2D eigenvalue weighted by molar-refractivity contribution is 0.565. The van der Waals surface area contributed by atoms with Crippen molar-refractivity contribution in [2.75, 3.05) is 15.9 Å². The molecular weight excluding hydrogens is 514 g/mol. The van der Waals surface area contributed by atoms with Crippen molar-refractivity contribution < 1.29 is 8.42 Å². The number of hydrogen-bond donors (Lipinski definition) is 2. The van der Waals surface area contributed by atoms with Gasteiger partial charge in [-0.3, -0.25) is 9.71 Å². The second kappa shape index (κ2) is 9.89. The van der Waals surface area contributed by atoms with Gasteiger partial charge in [-0.1, -0.05) is 12.1 Å². The highest BCUT2D eigenvalue weighted by Crippen LogP contribution is 2.44. The molecule has 4 aromatic rings. The van der Waals surface area contributed by atoms with Gasteiger partial charge in [-0.2, -0.15) is 0 Å². The van der Waals surface area contributed by atoms with Gasteiger partial charge in [0.05, 0.1) is 24.0 Å². The summed E-state index contributed by atoms with van der Waals surface area (Å²) in [6, 6.07) is 21.7. The Morgan fingerprint density at radius 3 is 2.21 bits per heavy atom. The van der Waals surface area contributed by atoms with Crippen molar-refractivity contribution in [1.29, 1.82) is 0 Å². The second-order valence-electron chi connectivity index (χ2n) is 9.93. The lowest BCUT2D eigenvalue weighted by atomic mass is 9.96. The molecule has 1 aliphatic heterocycles. The zero-order valence-electron chi connectivity index (χ0n) is 22.1. The van der Waals surface area contributed by atoms with Gasteiger partial charge < -0.3 is 14.8 Å². The molecule has 5 rings (SSSR count). The lowest BCUT2D eigenvalue weighted by Gasteiger charge is -2.28. The highest BCUT2D eigenvalue weighted by atomic mass is 32.2. The molecule has 1 saturated heterocycles. The number of thiocarbonyl (C=S) groups is 1. The van der Waals surface area contributed by atoms with Crippen molar-refractivity contribution in [3.63, 3.8) is 0 Å². The Bertz CT molecular complexity index is 1590. The molecule has 1 aliphatic rings. The Balaban J connectivity index is 1.64. The van der Waals surface area contributed by atoms with E-state index >= 15 is 0 Å². The van der Waals surface area contributed by atoms with E-state index in [4.69, 9.17) is 12.2 Å². The van der Waals surface area contributed by atoms with Crippen LogP contribution in [0.25, 0.3) is 5.69 Å². The largest absolute Gasteiger partial charge is 0.351 e. The van der Waals surface area contributed by atoms with Crippen molar-refractivity contribution in [3.8, 4) is 5.69 Å². The van der Waals surface area contributed by atoms with E-state index in [1.807, 2.05) is 30.3 Å². The summed E-state index contributed by atoms with van der Waals surface area (Å²) in [4.78, 5) is 6.77. The van der Waals surface area contributed by atoms with Crippen molar-refractivity contribution >= 4 is 38.7 Å². The molecule has 2 aromatic heterocycles. The van der Waals surface area contributed by atoms with Gasteiger partial charge in [-0.25, -0.2) is 8.42 Å². The summed E-state index contributed by atoms with van der Waals surface area (Å²) in [5.41, 5.74) is 9.23. The predicted molar refractivity (Wildman–Crippen MR) is 158 cm³/mol. The van der Waals surface area contributed by atoms with Crippen LogP contribution in [-0.4, -0.2) is 29.3 Å². The van der Waals surface area contributed by atoms with Crippen LogP contribution in [0, 0.1) is 27.7 Å². The van der Waals surface area contributed by atoms with Crippen LogP contribution in [-0.2, 0) is 10.0 Å². The topological polar surface area (TPSA) is 79.3 Å². The summed E-state index contributed by atoms with van der Waals surface area (Å²) >= 11 is 5.88. The molecular formula is C29H31N5O2S2. The van der Waals surface area contributed by atoms with Gasteiger partial charge in [0.1, 0.15) is 0 Å². The van der Waals surface area contributed by atoms with E-state index in [-0.39, 0.29) is 12.1 Å². The zero-order valence-corrected chi connectivity index (χ0v) is 23.7. The highest BCUT2D eigenvalue weighted by Gasteiger charge is 2.42. The summed E-state index contributed by atoms with van der Waals surface area (Å²) in [7, 11) is -3.37. The maximum Gasteiger partial charge on any atom is 0.229 e. The van der Waals surface area contributed by atoms with E-state index in [0.29, 0.717) is 10.8 Å². The number of benzene rings is 2. The number of nitrogens with zero attached hydrogens (tertiary/aromatic N) is 3. The van der Waals surface area contributed by atoms with Gasteiger partial charge in [0.25, 0.3) is 0 Å². The summed E-state index contributed by atoms with van der Waals surface area (Å²) < 4.78 is 28.2. The third-order valence-electron chi connectivity index (χ3n) is 6.80. The summed E-state index contributed by atoms with van der Waals surface area (Å²) in [5.74, 6) is 0. The van der Waals surface area contributed by atoms with Crippen LogP contribution in [0.1, 0.15) is 45.9 Å². The zero-order chi connectivity index (χ0) is 27.2. The molecule has 0 spiro atoms. The molecule has 0 saturated carbocycles. The Morgan fingerprint density at radius 2 is 1.61 bits per heavy atom. The van der Waals surface area contributed by atoms with E-state index in [2.05, 4.69) is 76.5 Å². The number of hydrogen-bond acceptors (Lipinski definition) is 4. The van der Waals surface area contributed by atoms with E-state index < -0.39 is 10.0 Å². The molecule has 38 heavy (non-hydrogen) atoms. The van der Waals surface area contributed by atoms with Gasteiger partial charge in [0.2, 0.25) is 10.0 Å². The Morgan fingerprint density at radius 1 is 0.921 bits per heavy atom. The van der Waals surface area contributed by atoms with Crippen molar-refractivity contribution in [3.05, 3.63) is 107 Å². The van der Waals surface area contributed by atoms with Crippen LogP contribution < -0.4 is 14.9 Å². The van der Waals surface area contributed by atoms with Crippen LogP contribution >= 0.6 is 12.2 Å². The average Bonchev–Trinajstić information content (AvgIpc) is 3.33. The second-order valence-corrected chi connectivity index (χ2v) is 12.1. The van der Waals surface area contributed by atoms with Gasteiger partial charge in [-0.05, 0) is 111 Å². The molecule has 9 heteroatoms. The number of aromatic nitrogens is 2. The van der Waals surface area contributed by atoms with Gasteiger partial charge >= 0.3 is 0 Å². The number of rotatable bonds is 6. The van der Waals surface area contributed by atoms with Gasteiger partial charge in [0, 0.05) is 34.6 Å². The normalized spacial score (nSPS) is 17.5. The molecule has 7 nitrogen and oxygen atoms in total. The summed E-state index contributed by atoms with van der Waals surface area (Å²) in [6.07, 6.45) is 2.93. The van der Waals surface area contributed by atoms with E-state index in [1.54, 1.807) is 18.3 Å². The van der Waals surface area contributed by atoms with E-state index in [1.165, 1.54) is 11.1 Å². The first-order valence-corrected chi connectivity index (χ1v) is 14.7. The maximum atomic E-state index is 11.7. The quantitative estimate of drug-likeness (QED) is 0.305. The van der Waals surface area contributed by atoms with Crippen LogP contribution in [0.15, 0.2) is 72.9 Å². The van der Waals surface area contributed by atoms with Gasteiger partial charge in [0.15, 0.2) is 5.11 Å². The first-order chi connectivity index (χ1) is 18.0. The standard InChI is InChI=1S/C29H31N5O2S2/c1-18-14-19(2)16-24(15-18)33-20(3)17-25(21(33)4)28-27(26-8-6-7-13-30-26)31-29(37)34(28)23-11-9-22(10-12-23)32-38(5,35)36/h6-17,27-28,32H,1-5H3,(H,31,37)/t27-,28+/m0/s1. The lowest BCUT2D eigenvalue weighted by Crippen LogP contribution is -2.29. The van der Waals surface area contributed by atoms with Crippen LogP contribution in [0.4, 0.5) is 11.4 Å². The monoisotopic (exact) mass is 545 g/mol. The molecule has 2 atom stereocenters. The molecule has 2 N–H and O–H groups in total. The van der Waals surface area contributed by atoms with Crippen LogP contribution in [0.2, 0.25) is 0 Å². The first-order valence-electron chi connectivity index (χ1n) is 12.4. The minimum Gasteiger partial charge on any atom is -0.351 e. The number of nitrogens with one attached hydrogen (secondary N) is 2. The molecule has 0 unspecified atom stereocenters. The molecule has 0 amide bonds. The number of sulfonamides is 1. The minimum atomic E-state index is -3.37. The van der Waals surface area contributed by atoms with Crippen molar-refractivity contribution in [1.82, 2.24) is 14.9 Å². The predicted octanol–water partition coefficient (Wildman–Crippen LogP) is 5.65. The van der Waals surface area contributed by atoms with Crippen LogP contribution in [0.5, 0.6) is 0 Å². The SMILES string of the molecule is Cc1cc(C)cc(-n2c(C)cc([C@@H]3[C@H](c4ccccn4)NC(=S)N3c3ccc(NS(C)(=O)=O)cc3)c2C)c1. The molecule has 196 valence electrons. The third-order valence-corrected chi connectivity index (χ3v) is 7.72. The fourth-order valence-corrected chi connectivity index (χ4v) is 6.33. The fourth-order valence-electron chi connectivity index (χ4n) is 5.42. The molecule has 1 fully saturated rings.